The molecule has 2 rings (SSSR count). The highest BCUT2D eigenvalue weighted by atomic mass is 19.2. The molecular weight excluding hydrogens is 243 g/mol. The first-order chi connectivity index (χ1) is 8.61. The zero-order valence-corrected chi connectivity index (χ0v) is 8.92. The number of hydrogen-bond donors (Lipinski definition) is 1. The second-order valence-corrected chi connectivity index (χ2v) is 3.39. The average molecular weight is 249 g/mol. The number of nitrogens with one attached hydrogen (secondary N) is 1. The van der Waals surface area contributed by atoms with Gasteiger partial charge in [-0.15, -0.1) is 0 Å². The lowest BCUT2D eigenvalue weighted by Crippen LogP contribution is -2.00. The molecule has 1 aromatic heterocycles. The molecule has 0 amide bonds. The molecule has 0 bridgehead atoms. The van der Waals surface area contributed by atoms with E-state index in [4.69, 9.17) is 5.26 Å². The van der Waals surface area contributed by atoms with Gasteiger partial charge in [-0.1, -0.05) is 0 Å². The highest BCUT2D eigenvalue weighted by Gasteiger charge is 2.13. The van der Waals surface area contributed by atoms with Crippen LogP contribution in [0.15, 0.2) is 30.5 Å². The van der Waals surface area contributed by atoms with Crippen LogP contribution in [0, 0.1) is 28.8 Å². The van der Waals surface area contributed by atoms with Gasteiger partial charge in [0.2, 0.25) is 0 Å². The van der Waals surface area contributed by atoms with Gasteiger partial charge in [-0.2, -0.15) is 5.26 Å². The number of aromatic nitrogens is 1. The van der Waals surface area contributed by atoms with Crippen LogP contribution in [0.25, 0.3) is 0 Å². The maximum atomic E-state index is 13.4. The fraction of sp³-hybridized carbons (Fsp3) is 0. The summed E-state index contributed by atoms with van der Waals surface area (Å²) >= 11 is 0. The van der Waals surface area contributed by atoms with E-state index >= 15 is 0 Å². The lowest BCUT2D eigenvalue weighted by molar-refractivity contribution is 0.449. The Morgan fingerprint density at radius 1 is 1.11 bits per heavy atom. The van der Waals surface area contributed by atoms with E-state index in [1.54, 1.807) is 0 Å². The molecule has 3 nitrogen and oxygen atoms in total. The van der Waals surface area contributed by atoms with E-state index in [1.807, 2.05) is 6.07 Å². The second-order valence-electron chi connectivity index (χ2n) is 3.39. The summed E-state index contributed by atoms with van der Waals surface area (Å²) in [5, 5.41) is 11.1. The maximum absolute atomic E-state index is 13.4. The topological polar surface area (TPSA) is 48.7 Å². The minimum Gasteiger partial charge on any atom is -0.338 e. The predicted octanol–water partition coefficient (Wildman–Crippen LogP) is 3.11. The van der Waals surface area contributed by atoms with Gasteiger partial charge in [-0.3, -0.25) is 0 Å². The molecular formula is C12H6F3N3. The lowest BCUT2D eigenvalue weighted by atomic mass is 10.2. The van der Waals surface area contributed by atoms with Gasteiger partial charge in [0, 0.05) is 6.20 Å². The molecule has 0 fully saturated rings. The first-order valence-electron chi connectivity index (χ1n) is 4.88. The Morgan fingerprint density at radius 2 is 1.89 bits per heavy atom. The van der Waals surface area contributed by atoms with Crippen LogP contribution < -0.4 is 5.32 Å². The number of rotatable bonds is 2. The standard InChI is InChI=1S/C12H6F3N3/c13-8-1-2-9(12(15)11(8)14)18-10-5-7(6-16)3-4-17-10/h1-5H,(H,17,18). The van der Waals surface area contributed by atoms with Crippen LogP contribution in [0.1, 0.15) is 5.56 Å². The molecule has 0 spiro atoms. The molecule has 0 atom stereocenters. The van der Waals surface area contributed by atoms with Gasteiger partial charge in [0.05, 0.1) is 17.3 Å². The fourth-order valence-electron chi connectivity index (χ4n) is 1.33. The van der Waals surface area contributed by atoms with Crippen molar-refractivity contribution >= 4 is 11.5 Å². The Hall–Kier alpha value is -2.55. The number of benzene rings is 1. The minimum absolute atomic E-state index is 0.166. The third-order valence-electron chi connectivity index (χ3n) is 2.19. The van der Waals surface area contributed by atoms with E-state index in [0.717, 1.165) is 12.1 Å². The van der Waals surface area contributed by atoms with Crippen molar-refractivity contribution in [1.82, 2.24) is 4.98 Å². The molecule has 0 aliphatic heterocycles. The molecule has 2 aromatic rings. The summed E-state index contributed by atoms with van der Waals surface area (Å²) < 4.78 is 39.1. The van der Waals surface area contributed by atoms with Gasteiger partial charge in [-0.05, 0) is 24.3 Å². The minimum atomic E-state index is -1.56. The van der Waals surface area contributed by atoms with Crippen molar-refractivity contribution < 1.29 is 13.2 Å². The van der Waals surface area contributed by atoms with Gasteiger partial charge in [0.15, 0.2) is 17.5 Å². The van der Waals surface area contributed by atoms with Crippen LogP contribution in [0.5, 0.6) is 0 Å². The molecule has 6 heteroatoms. The molecule has 0 saturated heterocycles. The van der Waals surface area contributed by atoms with Crippen molar-refractivity contribution in [3.8, 4) is 6.07 Å². The van der Waals surface area contributed by atoms with Crippen molar-refractivity contribution in [2.75, 3.05) is 5.32 Å². The Morgan fingerprint density at radius 3 is 2.61 bits per heavy atom. The summed E-state index contributed by atoms with van der Waals surface area (Å²) in [5.74, 6) is -3.99. The number of hydrogen-bond acceptors (Lipinski definition) is 3. The zero-order valence-electron chi connectivity index (χ0n) is 8.92. The van der Waals surface area contributed by atoms with E-state index in [1.165, 1.54) is 18.3 Å². The zero-order chi connectivity index (χ0) is 13.1. The summed E-state index contributed by atoms with van der Waals surface area (Å²) in [6, 6.07) is 6.56. The monoisotopic (exact) mass is 249 g/mol. The Balaban J connectivity index is 2.35. The Labute approximate surface area is 101 Å². The van der Waals surface area contributed by atoms with Crippen LogP contribution >= 0.6 is 0 Å². The summed E-state index contributed by atoms with van der Waals surface area (Å²) in [7, 11) is 0. The molecule has 18 heavy (non-hydrogen) atoms. The van der Waals surface area contributed by atoms with Gasteiger partial charge in [0.1, 0.15) is 5.82 Å². The number of nitrogens with zero attached hydrogens (tertiary/aromatic N) is 2. The van der Waals surface area contributed by atoms with Gasteiger partial charge < -0.3 is 5.32 Å². The third-order valence-corrected chi connectivity index (χ3v) is 2.19. The lowest BCUT2D eigenvalue weighted by Gasteiger charge is -2.07. The summed E-state index contributed by atoms with van der Waals surface area (Å²) in [6.45, 7) is 0. The highest BCUT2D eigenvalue weighted by Crippen LogP contribution is 2.22. The van der Waals surface area contributed by atoms with Gasteiger partial charge >= 0.3 is 0 Å². The van der Waals surface area contributed by atoms with Crippen molar-refractivity contribution in [2.45, 2.75) is 0 Å². The van der Waals surface area contributed by atoms with Crippen molar-refractivity contribution in [1.29, 1.82) is 5.26 Å². The molecule has 1 aromatic carbocycles. The van der Waals surface area contributed by atoms with E-state index in [-0.39, 0.29) is 11.5 Å². The molecule has 0 aliphatic carbocycles. The SMILES string of the molecule is N#Cc1ccnc(Nc2ccc(F)c(F)c2F)c1. The Bertz CT molecular complexity index is 635. The number of anilines is 2. The van der Waals surface area contributed by atoms with E-state index < -0.39 is 17.5 Å². The smallest absolute Gasteiger partial charge is 0.196 e. The second kappa shape index (κ2) is 4.75. The van der Waals surface area contributed by atoms with Crippen LogP contribution in [0.2, 0.25) is 0 Å². The number of pyridine rings is 1. The normalized spacial score (nSPS) is 9.89. The summed E-state index contributed by atoms with van der Waals surface area (Å²) in [6.07, 6.45) is 1.35. The number of halogens is 3. The molecule has 90 valence electrons. The van der Waals surface area contributed by atoms with Crippen molar-refractivity contribution in [3.05, 3.63) is 53.5 Å². The van der Waals surface area contributed by atoms with Crippen LogP contribution in [0.4, 0.5) is 24.7 Å². The molecule has 1 N–H and O–H groups in total. The van der Waals surface area contributed by atoms with Gasteiger partial charge in [0.25, 0.3) is 0 Å². The quantitative estimate of drug-likeness (QED) is 0.832. The first kappa shape index (κ1) is 11.9. The number of nitriles is 1. The fourth-order valence-corrected chi connectivity index (χ4v) is 1.33. The average Bonchev–Trinajstić information content (AvgIpc) is 2.40. The largest absolute Gasteiger partial charge is 0.338 e. The van der Waals surface area contributed by atoms with E-state index in [9.17, 15) is 13.2 Å². The van der Waals surface area contributed by atoms with Gasteiger partial charge in [-0.25, -0.2) is 18.2 Å². The van der Waals surface area contributed by atoms with E-state index in [2.05, 4.69) is 10.3 Å². The first-order valence-corrected chi connectivity index (χ1v) is 4.88. The highest BCUT2D eigenvalue weighted by molar-refractivity contribution is 5.58. The molecule has 0 saturated carbocycles. The van der Waals surface area contributed by atoms with Crippen molar-refractivity contribution in [3.63, 3.8) is 0 Å². The maximum Gasteiger partial charge on any atom is 0.196 e. The predicted molar refractivity (Wildman–Crippen MR) is 58.6 cm³/mol. The molecule has 0 radical (unpaired) electrons. The summed E-state index contributed by atoms with van der Waals surface area (Å²) in [4.78, 5) is 3.83. The molecule has 0 aliphatic rings. The molecule has 1 heterocycles. The third kappa shape index (κ3) is 2.25. The Kier molecular flexibility index (Phi) is 3.15. The van der Waals surface area contributed by atoms with Crippen LogP contribution in [-0.4, -0.2) is 4.98 Å². The van der Waals surface area contributed by atoms with E-state index in [0.29, 0.717) is 5.56 Å². The van der Waals surface area contributed by atoms with Crippen LogP contribution in [-0.2, 0) is 0 Å². The van der Waals surface area contributed by atoms with Crippen LogP contribution in [0.3, 0.4) is 0 Å². The summed E-state index contributed by atoms with van der Waals surface area (Å²) in [5.41, 5.74) is 0.0620. The van der Waals surface area contributed by atoms with Crippen molar-refractivity contribution in [2.24, 2.45) is 0 Å². The molecule has 0 unspecified atom stereocenters.